The Balaban J connectivity index is 2.31. The van der Waals surface area contributed by atoms with E-state index in [2.05, 4.69) is 18.4 Å². The Kier molecular flexibility index (Phi) is 1.74. The van der Waals surface area contributed by atoms with E-state index in [1.807, 2.05) is 11.3 Å². The van der Waals surface area contributed by atoms with Crippen molar-refractivity contribution in [3.05, 3.63) is 21.9 Å². The number of aryl methyl sites for hydroxylation is 1. The molecular weight excluding hydrogens is 154 g/mol. The van der Waals surface area contributed by atoms with E-state index >= 15 is 0 Å². The Hall–Kier alpha value is -0.340. The summed E-state index contributed by atoms with van der Waals surface area (Å²) in [5.41, 5.74) is 7.39. The minimum atomic E-state index is 0.325. The first-order chi connectivity index (χ1) is 5.29. The number of nitrogens with two attached hydrogens (primary N) is 1. The molecule has 2 unspecified atom stereocenters. The van der Waals surface area contributed by atoms with Crippen LogP contribution in [0.3, 0.4) is 0 Å². The Labute approximate surface area is 71.2 Å². The van der Waals surface area contributed by atoms with Crippen LogP contribution in [0.2, 0.25) is 0 Å². The van der Waals surface area contributed by atoms with Crippen molar-refractivity contribution in [2.45, 2.75) is 31.7 Å². The van der Waals surface area contributed by atoms with Crippen molar-refractivity contribution in [1.29, 1.82) is 0 Å². The summed E-state index contributed by atoms with van der Waals surface area (Å²) in [6, 6.07) is 2.56. The molecule has 0 aromatic carbocycles. The summed E-state index contributed by atoms with van der Waals surface area (Å²) in [4.78, 5) is 1.56. The lowest BCUT2D eigenvalue weighted by molar-refractivity contribution is 0.564. The van der Waals surface area contributed by atoms with Crippen LogP contribution in [0.4, 0.5) is 0 Å². The normalized spacial score (nSPS) is 25.1. The predicted molar refractivity (Wildman–Crippen MR) is 49.0 cm³/mol. The van der Waals surface area contributed by atoms with Crippen LogP contribution in [-0.4, -0.2) is 6.04 Å². The van der Waals surface area contributed by atoms with Crippen LogP contribution in [0.5, 0.6) is 0 Å². The maximum Gasteiger partial charge on any atom is 0.00808 e. The van der Waals surface area contributed by atoms with Gasteiger partial charge in [0.25, 0.3) is 0 Å². The SMILES string of the molecule is CC(N)C1CCc2sccc21. The third kappa shape index (κ3) is 1.10. The lowest BCUT2D eigenvalue weighted by atomic mass is 9.97. The maximum absolute atomic E-state index is 5.88. The molecule has 0 radical (unpaired) electrons. The Bertz CT molecular complexity index is 252. The predicted octanol–water partition coefficient (Wildman–Crippen LogP) is 2.13. The molecule has 0 fully saturated rings. The third-order valence-corrected chi connectivity index (χ3v) is 3.49. The van der Waals surface area contributed by atoms with Gasteiger partial charge in [-0.25, -0.2) is 0 Å². The van der Waals surface area contributed by atoms with Gasteiger partial charge in [0, 0.05) is 16.8 Å². The van der Waals surface area contributed by atoms with Crippen molar-refractivity contribution in [2.24, 2.45) is 5.73 Å². The van der Waals surface area contributed by atoms with Crippen molar-refractivity contribution < 1.29 is 0 Å². The molecular formula is C9H13NS. The van der Waals surface area contributed by atoms with Crippen LogP contribution in [0.25, 0.3) is 0 Å². The highest BCUT2D eigenvalue weighted by atomic mass is 32.1. The van der Waals surface area contributed by atoms with Gasteiger partial charge in [0.2, 0.25) is 0 Å². The van der Waals surface area contributed by atoms with Crippen LogP contribution < -0.4 is 5.73 Å². The van der Waals surface area contributed by atoms with Crippen molar-refractivity contribution >= 4 is 11.3 Å². The largest absolute Gasteiger partial charge is 0.327 e. The number of thiophene rings is 1. The summed E-state index contributed by atoms with van der Waals surface area (Å²) in [5.74, 6) is 0.635. The molecule has 0 saturated carbocycles. The van der Waals surface area contributed by atoms with Gasteiger partial charge < -0.3 is 5.73 Å². The third-order valence-electron chi connectivity index (χ3n) is 2.50. The van der Waals surface area contributed by atoms with Gasteiger partial charge in [-0.1, -0.05) is 0 Å². The van der Waals surface area contributed by atoms with Gasteiger partial charge in [-0.05, 0) is 36.8 Å². The molecule has 1 aromatic rings. The molecule has 11 heavy (non-hydrogen) atoms. The van der Waals surface area contributed by atoms with Gasteiger partial charge in [0.05, 0.1) is 0 Å². The van der Waals surface area contributed by atoms with Gasteiger partial charge in [-0.15, -0.1) is 11.3 Å². The van der Waals surface area contributed by atoms with Crippen LogP contribution in [-0.2, 0) is 6.42 Å². The Morgan fingerprint density at radius 2 is 2.55 bits per heavy atom. The highest BCUT2D eigenvalue weighted by Gasteiger charge is 2.25. The van der Waals surface area contributed by atoms with Gasteiger partial charge >= 0.3 is 0 Å². The quantitative estimate of drug-likeness (QED) is 0.681. The summed E-state index contributed by atoms with van der Waals surface area (Å²) >= 11 is 1.88. The van der Waals surface area contributed by atoms with E-state index in [9.17, 15) is 0 Å². The molecule has 2 atom stereocenters. The van der Waals surface area contributed by atoms with Gasteiger partial charge in [-0.3, -0.25) is 0 Å². The summed E-state index contributed by atoms with van der Waals surface area (Å²) < 4.78 is 0. The average molecular weight is 167 g/mol. The fourth-order valence-corrected chi connectivity index (χ4v) is 2.84. The van der Waals surface area contributed by atoms with Crippen molar-refractivity contribution in [1.82, 2.24) is 0 Å². The topological polar surface area (TPSA) is 26.0 Å². The molecule has 0 spiro atoms. The molecule has 1 nitrogen and oxygen atoms in total. The fourth-order valence-electron chi connectivity index (χ4n) is 1.87. The lowest BCUT2D eigenvalue weighted by Gasteiger charge is -2.13. The molecule has 2 rings (SSSR count). The molecule has 1 aliphatic carbocycles. The zero-order valence-electron chi connectivity index (χ0n) is 6.71. The van der Waals surface area contributed by atoms with Gasteiger partial charge in [-0.2, -0.15) is 0 Å². The van der Waals surface area contributed by atoms with Gasteiger partial charge in [0.1, 0.15) is 0 Å². The van der Waals surface area contributed by atoms with Crippen molar-refractivity contribution in [3.8, 4) is 0 Å². The molecule has 60 valence electrons. The number of fused-ring (bicyclic) bond motifs is 1. The maximum atomic E-state index is 5.88. The van der Waals surface area contributed by atoms with E-state index in [4.69, 9.17) is 5.73 Å². The minimum Gasteiger partial charge on any atom is -0.327 e. The monoisotopic (exact) mass is 167 g/mol. The Morgan fingerprint density at radius 3 is 3.27 bits per heavy atom. The van der Waals surface area contributed by atoms with Crippen LogP contribution >= 0.6 is 11.3 Å². The molecule has 2 N–H and O–H groups in total. The fraction of sp³-hybridized carbons (Fsp3) is 0.556. The molecule has 0 saturated heterocycles. The first-order valence-electron chi connectivity index (χ1n) is 4.11. The number of hydrogen-bond acceptors (Lipinski definition) is 2. The van der Waals surface area contributed by atoms with Crippen molar-refractivity contribution in [2.75, 3.05) is 0 Å². The second-order valence-electron chi connectivity index (χ2n) is 3.30. The van der Waals surface area contributed by atoms with E-state index in [-0.39, 0.29) is 0 Å². The number of hydrogen-bond donors (Lipinski definition) is 1. The van der Waals surface area contributed by atoms with Gasteiger partial charge in [0.15, 0.2) is 0 Å². The summed E-state index contributed by atoms with van der Waals surface area (Å²) in [6.07, 6.45) is 2.51. The molecule has 0 bridgehead atoms. The molecule has 0 amide bonds. The summed E-state index contributed by atoms with van der Waals surface area (Å²) in [7, 11) is 0. The van der Waals surface area contributed by atoms with Crippen LogP contribution in [0.15, 0.2) is 11.4 Å². The van der Waals surface area contributed by atoms with E-state index < -0.39 is 0 Å². The lowest BCUT2D eigenvalue weighted by Crippen LogP contribution is -2.22. The highest BCUT2D eigenvalue weighted by molar-refractivity contribution is 7.10. The smallest absolute Gasteiger partial charge is 0.00808 e. The van der Waals surface area contributed by atoms with E-state index in [0.29, 0.717) is 12.0 Å². The van der Waals surface area contributed by atoms with E-state index in [0.717, 1.165) is 0 Å². The molecule has 0 aliphatic heterocycles. The average Bonchev–Trinajstić information content (AvgIpc) is 2.41. The highest BCUT2D eigenvalue weighted by Crippen LogP contribution is 2.37. The molecule has 1 heterocycles. The second-order valence-corrected chi connectivity index (χ2v) is 4.30. The minimum absolute atomic E-state index is 0.325. The van der Waals surface area contributed by atoms with Crippen LogP contribution in [0.1, 0.15) is 29.7 Å². The van der Waals surface area contributed by atoms with E-state index in [1.54, 1.807) is 4.88 Å². The molecule has 1 aromatic heterocycles. The summed E-state index contributed by atoms with van der Waals surface area (Å²) in [6.45, 7) is 2.11. The first-order valence-corrected chi connectivity index (χ1v) is 4.99. The van der Waals surface area contributed by atoms with Crippen molar-refractivity contribution in [3.63, 3.8) is 0 Å². The summed E-state index contributed by atoms with van der Waals surface area (Å²) in [5, 5.41) is 2.18. The van der Waals surface area contributed by atoms with Crippen LogP contribution in [0, 0.1) is 0 Å². The standard InChI is InChI=1S/C9H13NS/c1-6(10)7-2-3-9-8(7)4-5-11-9/h4-7H,2-3,10H2,1H3. The first kappa shape index (κ1) is 7.32. The number of rotatable bonds is 1. The molecule has 1 aliphatic rings. The zero-order valence-corrected chi connectivity index (χ0v) is 7.53. The molecule has 2 heteroatoms. The second kappa shape index (κ2) is 2.61. The Morgan fingerprint density at radius 1 is 1.73 bits per heavy atom. The zero-order chi connectivity index (χ0) is 7.84. The van der Waals surface area contributed by atoms with E-state index in [1.165, 1.54) is 18.4 Å².